The van der Waals surface area contributed by atoms with Crippen molar-refractivity contribution in [2.75, 3.05) is 14.7 Å². The molecule has 1 aliphatic carbocycles. The van der Waals surface area contributed by atoms with E-state index in [1.54, 1.807) is 0 Å². The van der Waals surface area contributed by atoms with Gasteiger partial charge in [0, 0.05) is 58.8 Å². The Labute approximate surface area is 336 Å². The fourth-order valence-corrected chi connectivity index (χ4v) is 12.3. The first-order valence-electron chi connectivity index (χ1n) is 20.0. The van der Waals surface area contributed by atoms with Gasteiger partial charge in [0.25, 0.3) is 6.71 Å². The van der Waals surface area contributed by atoms with Gasteiger partial charge in [-0.05, 0) is 120 Å². The summed E-state index contributed by atoms with van der Waals surface area (Å²) in [5, 5.41) is 1.39. The van der Waals surface area contributed by atoms with E-state index in [9.17, 15) is 0 Å². The van der Waals surface area contributed by atoms with Crippen LogP contribution in [0.5, 0.6) is 0 Å². The van der Waals surface area contributed by atoms with Gasteiger partial charge in [-0.2, -0.15) is 0 Å². The van der Waals surface area contributed by atoms with Crippen LogP contribution in [-0.4, -0.2) is 6.71 Å². The Hall–Kier alpha value is -5.69. The summed E-state index contributed by atoms with van der Waals surface area (Å²) in [6.45, 7) is 0.0900. The molecule has 2 bridgehead atoms. The zero-order valence-corrected chi connectivity index (χ0v) is 32.6. The van der Waals surface area contributed by atoms with Gasteiger partial charge in [-0.15, -0.1) is 11.3 Å². The molecule has 268 valence electrons. The van der Waals surface area contributed by atoms with Crippen molar-refractivity contribution in [3.63, 3.8) is 0 Å². The smallest absolute Gasteiger partial charge is 0.264 e. The van der Waals surface area contributed by atoms with Gasteiger partial charge in [0.15, 0.2) is 0 Å². The van der Waals surface area contributed by atoms with Crippen molar-refractivity contribution in [3.05, 3.63) is 169 Å². The van der Waals surface area contributed by atoms with E-state index in [4.69, 9.17) is 0 Å². The second-order valence-electron chi connectivity index (χ2n) is 15.5. The predicted octanol–water partition coefficient (Wildman–Crippen LogP) is 13.0. The summed E-state index contributed by atoms with van der Waals surface area (Å²) in [6, 6.07) is 61.5. The number of anilines is 9. The summed E-state index contributed by atoms with van der Waals surface area (Å²) >= 11 is 3.85. The third-order valence-electron chi connectivity index (χ3n) is 12.4. The summed E-state index contributed by atoms with van der Waals surface area (Å²) in [6.07, 6.45) is 6.63. The van der Waals surface area contributed by atoms with E-state index >= 15 is 0 Å². The summed E-state index contributed by atoms with van der Waals surface area (Å²) in [5.74, 6) is 0.646. The lowest BCUT2D eigenvalue weighted by Crippen LogP contribution is -2.60. The molecule has 4 heterocycles. The highest BCUT2D eigenvalue weighted by molar-refractivity contribution is 7.99. The van der Waals surface area contributed by atoms with E-state index in [1.807, 2.05) is 23.1 Å². The summed E-state index contributed by atoms with van der Waals surface area (Å²) in [4.78, 5) is 10.0. The fraction of sp³-hybridized carbons (Fsp3) is 0.120. The molecule has 56 heavy (non-hydrogen) atoms. The largest absolute Gasteiger partial charge is 0.310 e. The van der Waals surface area contributed by atoms with Gasteiger partial charge < -0.3 is 14.7 Å². The second kappa shape index (κ2) is 12.9. The third-order valence-corrected chi connectivity index (χ3v) is 14.7. The van der Waals surface area contributed by atoms with Gasteiger partial charge in [0.1, 0.15) is 0 Å². The lowest BCUT2D eigenvalue weighted by atomic mass is 9.36. The Kier molecular flexibility index (Phi) is 7.52. The molecule has 3 nitrogen and oxygen atoms in total. The average Bonchev–Trinajstić information content (AvgIpc) is 3.64. The van der Waals surface area contributed by atoms with E-state index in [0.717, 1.165) is 11.4 Å². The van der Waals surface area contributed by atoms with Crippen molar-refractivity contribution < 1.29 is 0 Å². The molecule has 0 spiro atoms. The summed E-state index contributed by atoms with van der Waals surface area (Å²) < 4.78 is 2.80. The van der Waals surface area contributed by atoms with Crippen molar-refractivity contribution in [2.45, 2.75) is 47.8 Å². The summed E-state index contributed by atoms with van der Waals surface area (Å²) in [5.41, 5.74) is 15.2. The van der Waals surface area contributed by atoms with Crippen LogP contribution in [0.1, 0.15) is 43.6 Å². The highest BCUT2D eigenvalue weighted by atomic mass is 32.2. The van der Waals surface area contributed by atoms with E-state index in [-0.39, 0.29) is 6.71 Å². The molecular weight excluding hydrogens is 718 g/mol. The number of benzene rings is 7. The maximum atomic E-state index is 2.59. The number of fused-ring (bicyclic) bond motifs is 10. The first-order chi connectivity index (χ1) is 27.8. The van der Waals surface area contributed by atoms with Crippen LogP contribution in [-0.2, 0) is 0 Å². The molecule has 12 rings (SSSR count). The topological polar surface area (TPSA) is 9.72 Å². The van der Waals surface area contributed by atoms with Crippen molar-refractivity contribution in [1.29, 1.82) is 0 Å². The van der Waals surface area contributed by atoms with Crippen LogP contribution in [0, 0.1) is 0 Å². The third kappa shape index (κ3) is 4.92. The normalized spacial score (nSPS) is 15.6. The van der Waals surface area contributed by atoms with Crippen LogP contribution in [0.25, 0.3) is 10.1 Å². The summed E-state index contributed by atoms with van der Waals surface area (Å²) in [7, 11) is 0. The number of hydrogen-bond acceptors (Lipinski definition) is 5. The molecule has 1 aromatic heterocycles. The van der Waals surface area contributed by atoms with E-state index in [2.05, 4.69) is 178 Å². The van der Waals surface area contributed by atoms with E-state index < -0.39 is 0 Å². The maximum Gasteiger partial charge on any atom is 0.264 e. The molecule has 0 N–H and O–H groups in total. The van der Waals surface area contributed by atoms with Crippen molar-refractivity contribution >= 4 is 107 Å². The Morgan fingerprint density at radius 3 is 1.84 bits per heavy atom. The van der Waals surface area contributed by atoms with Crippen LogP contribution in [0.3, 0.4) is 0 Å². The minimum absolute atomic E-state index is 0.0900. The Bertz CT molecular complexity index is 2810. The van der Waals surface area contributed by atoms with Gasteiger partial charge in [-0.1, -0.05) is 110 Å². The van der Waals surface area contributed by atoms with Gasteiger partial charge >= 0.3 is 0 Å². The number of para-hydroxylation sites is 4. The minimum atomic E-state index is 0.0900. The van der Waals surface area contributed by atoms with E-state index in [0.29, 0.717) is 5.92 Å². The highest BCUT2D eigenvalue weighted by Crippen LogP contribution is 2.53. The SMILES string of the molecule is c1ccc(N2c3ccc4c(c3)N(c3ccccc3Sc3ccccc32)c2cccc3c2B4c2sc4ccc(C5CCCCC5)cc4c2N3c2ccccc2)cc1. The Morgan fingerprint density at radius 2 is 1.11 bits per heavy atom. The van der Waals surface area contributed by atoms with Gasteiger partial charge in [-0.25, -0.2) is 0 Å². The van der Waals surface area contributed by atoms with Crippen molar-refractivity contribution in [3.8, 4) is 0 Å². The first-order valence-corrected chi connectivity index (χ1v) is 21.6. The molecule has 8 aromatic rings. The Balaban J connectivity index is 1.16. The highest BCUT2D eigenvalue weighted by Gasteiger charge is 2.45. The molecule has 0 saturated heterocycles. The molecule has 7 aromatic carbocycles. The van der Waals surface area contributed by atoms with Crippen molar-refractivity contribution in [2.24, 2.45) is 0 Å². The van der Waals surface area contributed by atoms with Crippen LogP contribution in [0.15, 0.2) is 174 Å². The number of rotatable bonds is 3. The monoisotopic (exact) mass is 755 g/mol. The molecule has 1 saturated carbocycles. The Morgan fingerprint density at radius 1 is 0.482 bits per heavy atom. The average molecular weight is 756 g/mol. The van der Waals surface area contributed by atoms with Crippen LogP contribution in [0.2, 0.25) is 0 Å². The van der Waals surface area contributed by atoms with Gasteiger partial charge in [0.2, 0.25) is 0 Å². The molecule has 1 fully saturated rings. The van der Waals surface area contributed by atoms with Gasteiger partial charge in [-0.3, -0.25) is 0 Å². The predicted molar refractivity (Wildman–Crippen MR) is 240 cm³/mol. The number of thiophene rings is 1. The molecule has 4 aliphatic rings. The van der Waals surface area contributed by atoms with Gasteiger partial charge in [0.05, 0.1) is 17.1 Å². The molecule has 0 unspecified atom stereocenters. The van der Waals surface area contributed by atoms with E-state index in [1.165, 1.54) is 113 Å². The molecular formula is C50H38BN3S2. The zero-order chi connectivity index (χ0) is 36.7. The van der Waals surface area contributed by atoms with Crippen LogP contribution < -0.4 is 30.4 Å². The molecule has 3 aliphatic heterocycles. The lowest BCUT2D eigenvalue weighted by Gasteiger charge is -2.44. The number of nitrogens with zero attached hydrogens (tertiary/aromatic N) is 3. The van der Waals surface area contributed by atoms with Crippen molar-refractivity contribution in [1.82, 2.24) is 0 Å². The molecule has 0 atom stereocenters. The fourth-order valence-electron chi connectivity index (χ4n) is 9.94. The molecule has 0 radical (unpaired) electrons. The standard InChI is InChI=1S/C50H38BN3S2/c1-4-15-33(16-5-1)34-27-30-45-38(31-34)49-50(56-45)51-39-29-28-37-32-44(39)54(43-24-14-23-42(48(43)51)53(49)36-19-8-3-9-20-36)41-22-11-13-26-47(41)55-46-25-12-10-21-40(46)52(37)35-17-6-2-7-18-35/h2-3,6-14,17-33H,1,4-5,15-16H2. The second-order valence-corrected chi connectivity index (χ2v) is 17.7. The lowest BCUT2D eigenvalue weighted by molar-refractivity contribution is 0.444. The first kappa shape index (κ1) is 32.5. The minimum Gasteiger partial charge on any atom is -0.310 e. The molecule has 6 heteroatoms. The van der Waals surface area contributed by atoms with Crippen LogP contribution in [0.4, 0.5) is 51.2 Å². The molecule has 0 amide bonds. The number of hydrogen-bond donors (Lipinski definition) is 0. The quantitative estimate of drug-likeness (QED) is 0.166. The zero-order valence-electron chi connectivity index (χ0n) is 30.9. The maximum absolute atomic E-state index is 2.59. The van der Waals surface area contributed by atoms with Crippen LogP contribution >= 0.6 is 23.1 Å².